The molecule has 0 saturated carbocycles. The second-order valence-electron chi connectivity index (χ2n) is 5.82. The first-order valence-corrected chi connectivity index (χ1v) is 7.11. The normalized spacial score (nSPS) is 11.4. The van der Waals surface area contributed by atoms with Crippen LogP contribution in [-0.4, -0.2) is 21.6 Å². The number of hydrogen-bond donors (Lipinski definition) is 1. The summed E-state index contributed by atoms with van der Waals surface area (Å²) < 4.78 is 5.16. The molecule has 0 fully saturated rings. The molecule has 21 heavy (non-hydrogen) atoms. The molecule has 1 amide bonds. The average molecular weight is 308 g/mol. The number of carbonyl (C=O) groups excluding carboxylic acids is 1. The number of carbonyl (C=O) groups is 1. The Balaban J connectivity index is 1.94. The number of nitrogens with zero attached hydrogens (tertiary/aromatic N) is 2. The summed E-state index contributed by atoms with van der Waals surface area (Å²) in [4.78, 5) is 16.0. The molecule has 0 radical (unpaired) electrons. The van der Waals surface area contributed by atoms with E-state index in [1.807, 2.05) is 32.9 Å². The van der Waals surface area contributed by atoms with Gasteiger partial charge in [0.25, 0.3) is 0 Å². The molecule has 0 atom stereocenters. The van der Waals surface area contributed by atoms with Crippen molar-refractivity contribution in [1.29, 1.82) is 0 Å². The first-order valence-electron chi connectivity index (χ1n) is 6.73. The molecule has 112 valence electrons. The van der Waals surface area contributed by atoms with Gasteiger partial charge < -0.3 is 9.84 Å². The van der Waals surface area contributed by atoms with Crippen LogP contribution in [0.1, 0.15) is 33.1 Å². The summed E-state index contributed by atoms with van der Waals surface area (Å²) >= 11 is 5.83. The van der Waals surface area contributed by atoms with Crippen LogP contribution < -0.4 is 5.32 Å². The van der Waals surface area contributed by atoms with E-state index in [2.05, 4.69) is 15.5 Å². The maximum Gasteiger partial charge on any atom is 0.227 e. The molecule has 0 aliphatic carbocycles. The average Bonchev–Trinajstić information content (AvgIpc) is 2.84. The molecule has 5 nitrogen and oxygen atoms in total. The van der Waals surface area contributed by atoms with Crippen molar-refractivity contribution >= 4 is 17.5 Å². The minimum atomic E-state index is -0.236. The Morgan fingerprint density at radius 1 is 1.29 bits per heavy atom. The fraction of sp³-hybridized carbons (Fsp3) is 0.400. The summed E-state index contributed by atoms with van der Waals surface area (Å²) in [7, 11) is 0. The van der Waals surface area contributed by atoms with Crippen LogP contribution in [0.15, 0.2) is 28.8 Å². The molecule has 1 N–H and O–H groups in total. The monoisotopic (exact) mass is 307 g/mol. The van der Waals surface area contributed by atoms with Gasteiger partial charge in [-0.3, -0.25) is 4.79 Å². The number of rotatable bonds is 4. The molecule has 6 heteroatoms. The van der Waals surface area contributed by atoms with Gasteiger partial charge in [0.15, 0.2) is 0 Å². The number of aryl methyl sites for hydroxylation is 1. The van der Waals surface area contributed by atoms with Crippen molar-refractivity contribution < 1.29 is 9.32 Å². The summed E-state index contributed by atoms with van der Waals surface area (Å²) in [6, 6.07) is 7.18. The molecule has 1 aromatic heterocycles. The predicted octanol–water partition coefficient (Wildman–Crippen LogP) is 3.24. The third-order valence-electron chi connectivity index (χ3n) is 2.65. The van der Waals surface area contributed by atoms with E-state index in [4.69, 9.17) is 16.1 Å². The van der Waals surface area contributed by atoms with Crippen molar-refractivity contribution in [2.75, 3.05) is 0 Å². The van der Waals surface area contributed by atoms with Gasteiger partial charge in [-0.1, -0.05) is 16.8 Å². The second kappa shape index (κ2) is 6.26. The maximum atomic E-state index is 11.7. The topological polar surface area (TPSA) is 68.0 Å². The van der Waals surface area contributed by atoms with Crippen LogP contribution in [0.2, 0.25) is 5.02 Å². The lowest BCUT2D eigenvalue weighted by Gasteiger charge is -2.20. The summed E-state index contributed by atoms with van der Waals surface area (Å²) in [5.74, 6) is 0.913. The largest absolute Gasteiger partial charge is 0.351 e. The Morgan fingerprint density at radius 2 is 1.95 bits per heavy atom. The number of amides is 1. The second-order valence-corrected chi connectivity index (χ2v) is 6.25. The summed E-state index contributed by atoms with van der Waals surface area (Å²) in [6.45, 7) is 5.82. The van der Waals surface area contributed by atoms with Gasteiger partial charge in [0.05, 0.1) is 0 Å². The molecule has 1 aromatic carbocycles. The molecule has 0 saturated heterocycles. The highest BCUT2D eigenvalue weighted by Crippen LogP contribution is 2.19. The van der Waals surface area contributed by atoms with Crippen LogP contribution in [0.25, 0.3) is 11.4 Å². The Kier molecular flexibility index (Phi) is 4.63. The first kappa shape index (κ1) is 15.5. The van der Waals surface area contributed by atoms with Gasteiger partial charge in [-0.2, -0.15) is 4.98 Å². The molecular formula is C15H18ClN3O2. The number of hydrogen-bond acceptors (Lipinski definition) is 4. The summed E-state index contributed by atoms with van der Waals surface area (Å²) in [5, 5.41) is 7.45. The summed E-state index contributed by atoms with van der Waals surface area (Å²) in [6.07, 6.45) is 0.738. The van der Waals surface area contributed by atoms with Crippen molar-refractivity contribution in [1.82, 2.24) is 15.5 Å². The fourth-order valence-corrected chi connectivity index (χ4v) is 1.90. The Bertz CT molecular complexity index is 615. The maximum absolute atomic E-state index is 11.7. The highest BCUT2D eigenvalue weighted by Gasteiger charge is 2.15. The van der Waals surface area contributed by atoms with Crippen LogP contribution in [0.3, 0.4) is 0 Å². The Morgan fingerprint density at radius 3 is 2.57 bits per heavy atom. The third-order valence-corrected chi connectivity index (χ3v) is 2.90. The number of nitrogens with one attached hydrogen (secondary N) is 1. The van der Waals surface area contributed by atoms with Crippen LogP contribution in [0.5, 0.6) is 0 Å². The highest BCUT2D eigenvalue weighted by molar-refractivity contribution is 6.30. The van der Waals surface area contributed by atoms with Crippen LogP contribution >= 0.6 is 11.6 Å². The van der Waals surface area contributed by atoms with Crippen molar-refractivity contribution in [2.45, 2.75) is 39.2 Å². The smallest absolute Gasteiger partial charge is 0.227 e. The van der Waals surface area contributed by atoms with Crippen molar-refractivity contribution in [3.05, 3.63) is 35.2 Å². The van der Waals surface area contributed by atoms with Crippen LogP contribution in [-0.2, 0) is 11.2 Å². The highest BCUT2D eigenvalue weighted by atomic mass is 35.5. The molecule has 0 aliphatic rings. The van der Waals surface area contributed by atoms with E-state index in [0.29, 0.717) is 29.6 Å². The predicted molar refractivity (Wildman–Crippen MR) is 81.0 cm³/mol. The lowest BCUT2D eigenvalue weighted by atomic mass is 10.1. The first-order chi connectivity index (χ1) is 9.83. The van der Waals surface area contributed by atoms with Crippen molar-refractivity contribution in [3.63, 3.8) is 0 Å². The van der Waals surface area contributed by atoms with Gasteiger partial charge >= 0.3 is 0 Å². The van der Waals surface area contributed by atoms with E-state index in [0.717, 1.165) is 5.56 Å². The van der Waals surface area contributed by atoms with Gasteiger partial charge in [0.2, 0.25) is 17.6 Å². The quantitative estimate of drug-likeness (QED) is 0.941. The van der Waals surface area contributed by atoms with E-state index >= 15 is 0 Å². The lowest BCUT2D eigenvalue weighted by Crippen LogP contribution is -2.40. The van der Waals surface area contributed by atoms with Gasteiger partial charge in [-0.05, 0) is 45.0 Å². The summed E-state index contributed by atoms with van der Waals surface area (Å²) in [5.41, 5.74) is 0.592. The van der Waals surface area contributed by atoms with Gasteiger partial charge in [-0.25, -0.2) is 0 Å². The molecule has 0 unspecified atom stereocenters. The Hall–Kier alpha value is -1.88. The minimum absolute atomic E-state index is 0.0336. The molecule has 2 rings (SSSR count). The van der Waals surface area contributed by atoms with Crippen molar-refractivity contribution in [2.24, 2.45) is 0 Å². The molecular weight excluding hydrogens is 290 g/mol. The third kappa shape index (κ3) is 4.86. The Labute approximate surface area is 128 Å². The standard InChI is InChI=1S/C15H18ClN3O2/c1-15(2,3)18-12(20)8-9-13-17-14(19-21-13)10-4-6-11(16)7-5-10/h4-7H,8-9H2,1-3H3,(H,18,20). The van der Waals surface area contributed by atoms with Crippen LogP contribution in [0.4, 0.5) is 0 Å². The van der Waals surface area contributed by atoms with E-state index in [1.54, 1.807) is 12.1 Å². The molecule has 0 bridgehead atoms. The molecule has 2 aromatic rings. The van der Waals surface area contributed by atoms with Gasteiger partial charge in [0, 0.05) is 29.0 Å². The minimum Gasteiger partial charge on any atom is -0.351 e. The number of aromatic nitrogens is 2. The van der Waals surface area contributed by atoms with Crippen molar-refractivity contribution in [3.8, 4) is 11.4 Å². The molecule has 0 aliphatic heterocycles. The molecule has 1 heterocycles. The lowest BCUT2D eigenvalue weighted by molar-refractivity contribution is -0.122. The van der Waals surface area contributed by atoms with E-state index < -0.39 is 0 Å². The van der Waals surface area contributed by atoms with E-state index in [9.17, 15) is 4.79 Å². The van der Waals surface area contributed by atoms with Crippen LogP contribution in [0, 0.1) is 0 Å². The van der Waals surface area contributed by atoms with Gasteiger partial charge in [0.1, 0.15) is 0 Å². The SMILES string of the molecule is CC(C)(C)NC(=O)CCc1nc(-c2ccc(Cl)cc2)no1. The molecule has 0 spiro atoms. The van der Waals surface area contributed by atoms with E-state index in [-0.39, 0.29) is 11.4 Å². The zero-order chi connectivity index (χ0) is 15.5. The van der Waals surface area contributed by atoms with E-state index in [1.165, 1.54) is 0 Å². The zero-order valence-corrected chi connectivity index (χ0v) is 13.1. The van der Waals surface area contributed by atoms with Gasteiger partial charge in [-0.15, -0.1) is 0 Å². The number of benzene rings is 1. The fourth-order valence-electron chi connectivity index (χ4n) is 1.77. The number of halogens is 1. The zero-order valence-electron chi connectivity index (χ0n) is 12.3.